The van der Waals surface area contributed by atoms with Crippen LogP contribution in [0.4, 0.5) is 0 Å². The molecule has 1 aromatic heterocycles. The number of hydrogen-bond acceptors (Lipinski definition) is 5. The molecule has 0 bridgehead atoms. The van der Waals surface area contributed by atoms with Crippen molar-refractivity contribution in [3.8, 4) is 0 Å². The van der Waals surface area contributed by atoms with Crippen LogP contribution in [0.15, 0.2) is 0 Å². The molecule has 0 saturated carbocycles. The van der Waals surface area contributed by atoms with Crippen LogP contribution in [0.25, 0.3) is 0 Å². The van der Waals surface area contributed by atoms with Crippen LogP contribution in [-0.4, -0.2) is 49.9 Å². The summed E-state index contributed by atoms with van der Waals surface area (Å²) in [6.45, 7) is 12.4. The molecule has 1 heterocycles. The molecular formula is C13H27N5O. The summed E-state index contributed by atoms with van der Waals surface area (Å²) in [6, 6.07) is 0. The van der Waals surface area contributed by atoms with E-state index in [-0.39, 0.29) is 12.0 Å². The van der Waals surface area contributed by atoms with Gasteiger partial charge in [-0.25, -0.2) is 4.68 Å². The largest absolute Gasteiger partial charge is 0.396 e. The van der Waals surface area contributed by atoms with E-state index < -0.39 is 0 Å². The standard InChI is InChI=1S/C13H27N5O/c1-5-7-18-12(14-15-16-18)10-17(8-6-9-19)11-13(2,3)4/h19H,5-11H2,1-4H3. The molecule has 0 amide bonds. The lowest BCUT2D eigenvalue weighted by molar-refractivity contribution is 0.160. The number of aliphatic hydroxyl groups excluding tert-OH is 1. The van der Waals surface area contributed by atoms with Gasteiger partial charge in [-0.3, -0.25) is 4.90 Å². The molecule has 0 unspecified atom stereocenters. The van der Waals surface area contributed by atoms with Crippen molar-refractivity contribution in [2.75, 3.05) is 19.7 Å². The highest BCUT2D eigenvalue weighted by Crippen LogP contribution is 2.16. The second kappa shape index (κ2) is 7.55. The van der Waals surface area contributed by atoms with E-state index in [0.29, 0.717) is 0 Å². The van der Waals surface area contributed by atoms with Crippen LogP contribution in [0.1, 0.15) is 46.4 Å². The molecule has 0 spiro atoms. The number of rotatable bonds is 8. The van der Waals surface area contributed by atoms with Gasteiger partial charge in [0.25, 0.3) is 0 Å². The first-order valence-corrected chi connectivity index (χ1v) is 7.04. The van der Waals surface area contributed by atoms with Crippen molar-refractivity contribution in [3.05, 3.63) is 5.82 Å². The summed E-state index contributed by atoms with van der Waals surface area (Å²) in [5, 5.41) is 20.9. The van der Waals surface area contributed by atoms with Gasteiger partial charge in [-0.15, -0.1) is 5.10 Å². The fourth-order valence-electron chi connectivity index (χ4n) is 2.10. The summed E-state index contributed by atoms with van der Waals surface area (Å²) in [6.07, 6.45) is 1.80. The smallest absolute Gasteiger partial charge is 0.165 e. The summed E-state index contributed by atoms with van der Waals surface area (Å²) in [5.74, 6) is 0.907. The number of aryl methyl sites for hydroxylation is 1. The Bertz CT molecular complexity index is 358. The minimum atomic E-state index is 0.221. The summed E-state index contributed by atoms with van der Waals surface area (Å²) >= 11 is 0. The molecule has 1 aromatic rings. The van der Waals surface area contributed by atoms with Gasteiger partial charge in [-0.2, -0.15) is 0 Å². The van der Waals surface area contributed by atoms with E-state index in [9.17, 15) is 0 Å². The van der Waals surface area contributed by atoms with Crippen LogP contribution in [0.3, 0.4) is 0 Å². The van der Waals surface area contributed by atoms with E-state index in [4.69, 9.17) is 5.11 Å². The van der Waals surface area contributed by atoms with Gasteiger partial charge in [-0.1, -0.05) is 27.7 Å². The number of tetrazole rings is 1. The molecule has 6 heteroatoms. The molecule has 0 aromatic carbocycles. The van der Waals surface area contributed by atoms with Gasteiger partial charge in [0.2, 0.25) is 0 Å². The number of hydrogen-bond donors (Lipinski definition) is 1. The maximum atomic E-state index is 9.01. The van der Waals surface area contributed by atoms with E-state index in [1.165, 1.54) is 0 Å². The van der Waals surface area contributed by atoms with Crippen molar-refractivity contribution in [2.45, 2.75) is 53.6 Å². The molecule has 1 N–H and O–H groups in total. The number of nitrogens with zero attached hydrogens (tertiary/aromatic N) is 5. The quantitative estimate of drug-likeness (QED) is 0.771. The summed E-state index contributed by atoms with van der Waals surface area (Å²) < 4.78 is 1.87. The summed E-state index contributed by atoms with van der Waals surface area (Å²) in [7, 11) is 0. The first kappa shape index (κ1) is 16.0. The number of aromatic nitrogens is 4. The van der Waals surface area contributed by atoms with Crippen molar-refractivity contribution in [3.63, 3.8) is 0 Å². The Labute approximate surface area is 115 Å². The monoisotopic (exact) mass is 269 g/mol. The van der Waals surface area contributed by atoms with E-state index in [0.717, 1.165) is 44.8 Å². The van der Waals surface area contributed by atoms with Crippen molar-refractivity contribution in [1.29, 1.82) is 0 Å². The van der Waals surface area contributed by atoms with Crippen LogP contribution < -0.4 is 0 Å². The minimum absolute atomic E-state index is 0.221. The van der Waals surface area contributed by atoms with Crippen molar-refractivity contribution in [1.82, 2.24) is 25.1 Å². The van der Waals surface area contributed by atoms with Crippen LogP contribution in [-0.2, 0) is 13.1 Å². The van der Waals surface area contributed by atoms with Crippen molar-refractivity contribution >= 4 is 0 Å². The van der Waals surface area contributed by atoms with Crippen LogP contribution in [0, 0.1) is 5.41 Å². The third-order valence-corrected chi connectivity index (χ3v) is 2.74. The summed E-state index contributed by atoms with van der Waals surface area (Å²) in [5.41, 5.74) is 0.221. The van der Waals surface area contributed by atoms with Crippen LogP contribution in [0.5, 0.6) is 0 Å². The third-order valence-electron chi connectivity index (χ3n) is 2.74. The highest BCUT2D eigenvalue weighted by atomic mass is 16.3. The fraction of sp³-hybridized carbons (Fsp3) is 0.923. The fourth-order valence-corrected chi connectivity index (χ4v) is 2.10. The molecule has 0 saturated heterocycles. The van der Waals surface area contributed by atoms with Crippen molar-refractivity contribution in [2.24, 2.45) is 5.41 Å². The van der Waals surface area contributed by atoms with E-state index in [1.807, 2.05) is 4.68 Å². The van der Waals surface area contributed by atoms with E-state index >= 15 is 0 Å². The van der Waals surface area contributed by atoms with Gasteiger partial charge in [0.1, 0.15) is 0 Å². The average Bonchev–Trinajstić information content (AvgIpc) is 2.72. The molecule has 0 aliphatic carbocycles. The second-order valence-corrected chi connectivity index (χ2v) is 6.17. The van der Waals surface area contributed by atoms with Gasteiger partial charge in [0.15, 0.2) is 5.82 Å². The SMILES string of the molecule is CCCn1nnnc1CN(CCCO)CC(C)(C)C. The van der Waals surface area contributed by atoms with E-state index in [2.05, 4.69) is 48.1 Å². The Kier molecular flexibility index (Phi) is 6.37. The topological polar surface area (TPSA) is 67.1 Å². The van der Waals surface area contributed by atoms with Gasteiger partial charge in [-0.05, 0) is 28.7 Å². The van der Waals surface area contributed by atoms with Gasteiger partial charge in [0, 0.05) is 26.2 Å². The molecule has 19 heavy (non-hydrogen) atoms. The first-order chi connectivity index (χ1) is 8.96. The molecule has 1 rings (SSSR count). The average molecular weight is 269 g/mol. The normalized spacial score (nSPS) is 12.3. The number of aliphatic hydroxyl groups is 1. The molecule has 6 nitrogen and oxygen atoms in total. The Morgan fingerprint density at radius 3 is 2.63 bits per heavy atom. The minimum Gasteiger partial charge on any atom is -0.396 e. The lowest BCUT2D eigenvalue weighted by Crippen LogP contribution is -2.34. The predicted octanol–water partition coefficient (Wildman–Crippen LogP) is 1.31. The lowest BCUT2D eigenvalue weighted by Gasteiger charge is -2.29. The molecule has 0 radical (unpaired) electrons. The first-order valence-electron chi connectivity index (χ1n) is 7.04. The molecule has 0 atom stereocenters. The third kappa shape index (κ3) is 6.11. The Morgan fingerprint density at radius 1 is 1.32 bits per heavy atom. The Balaban J connectivity index is 2.67. The van der Waals surface area contributed by atoms with Crippen molar-refractivity contribution < 1.29 is 5.11 Å². The molecule has 110 valence electrons. The zero-order chi connectivity index (χ0) is 14.3. The maximum absolute atomic E-state index is 9.01. The van der Waals surface area contributed by atoms with Gasteiger partial charge in [0.05, 0.1) is 6.54 Å². The second-order valence-electron chi connectivity index (χ2n) is 6.17. The highest BCUT2D eigenvalue weighted by Gasteiger charge is 2.18. The van der Waals surface area contributed by atoms with Crippen LogP contribution >= 0.6 is 0 Å². The lowest BCUT2D eigenvalue weighted by atomic mass is 9.96. The molecule has 0 aliphatic rings. The Hall–Kier alpha value is -1.01. The van der Waals surface area contributed by atoms with Gasteiger partial charge < -0.3 is 5.11 Å². The maximum Gasteiger partial charge on any atom is 0.165 e. The Morgan fingerprint density at radius 2 is 2.05 bits per heavy atom. The predicted molar refractivity (Wildman–Crippen MR) is 74.5 cm³/mol. The molecule has 0 fully saturated rings. The molecular weight excluding hydrogens is 242 g/mol. The highest BCUT2D eigenvalue weighted by molar-refractivity contribution is 4.82. The van der Waals surface area contributed by atoms with Gasteiger partial charge >= 0.3 is 0 Å². The van der Waals surface area contributed by atoms with E-state index in [1.54, 1.807) is 0 Å². The molecule has 0 aliphatic heterocycles. The van der Waals surface area contributed by atoms with Crippen LogP contribution in [0.2, 0.25) is 0 Å². The zero-order valence-corrected chi connectivity index (χ0v) is 12.6. The zero-order valence-electron chi connectivity index (χ0n) is 12.6. The summed E-state index contributed by atoms with van der Waals surface area (Å²) in [4.78, 5) is 2.31.